The number of benzene rings is 2. The minimum Gasteiger partial charge on any atom is -0.478 e. The van der Waals surface area contributed by atoms with Crippen molar-refractivity contribution >= 4 is 39.0 Å². The van der Waals surface area contributed by atoms with Crippen molar-refractivity contribution in [1.29, 1.82) is 0 Å². The molecule has 0 radical (unpaired) electrons. The molecule has 2 heterocycles. The molecule has 40 heavy (non-hydrogen) atoms. The van der Waals surface area contributed by atoms with E-state index >= 15 is 0 Å². The van der Waals surface area contributed by atoms with Crippen molar-refractivity contribution < 1.29 is 23.7 Å². The number of nitrogens with zero attached hydrogens (tertiary/aromatic N) is 4. The van der Waals surface area contributed by atoms with Gasteiger partial charge in [0.2, 0.25) is 0 Å². The minimum absolute atomic E-state index is 0.00921. The molecule has 1 unspecified atom stereocenters. The predicted molar refractivity (Wildman–Crippen MR) is 149 cm³/mol. The Morgan fingerprint density at radius 1 is 1.05 bits per heavy atom. The number of aryl methyl sites for hydroxylation is 2. The lowest BCUT2D eigenvalue weighted by molar-refractivity contribution is 0.0696. The molecule has 2 amide bonds. The van der Waals surface area contributed by atoms with Gasteiger partial charge < -0.3 is 16.2 Å². The fourth-order valence-electron chi connectivity index (χ4n) is 3.65. The second-order valence-corrected chi connectivity index (χ2v) is 11.0. The lowest BCUT2D eigenvalue weighted by atomic mass is 10.1. The Bertz CT molecular complexity index is 1860. The summed E-state index contributed by atoms with van der Waals surface area (Å²) in [5.41, 5.74) is 8.36. The standard InChI is InChI=1S/C28H24N6O5S/c1-17-12-24(34(2)32-17)27(36)31-22-8-4-6-18(13-22)10-11-19-14-21(16-30-25(19)29)26(35)33-40(3,39)23-9-5-7-20(15-23)28(37)38/h4-9,12-16H,1-3H3,(H2,29,30)(H,31,36)(H,37,38). The fourth-order valence-corrected chi connectivity index (χ4v) is 4.86. The van der Waals surface area contributed by atoms with Crippen molar-refractivity contribution in [1.82, 2.24) is 14.8 Å². The van der Waals surface area contributed by atoms with Crippen LogP contribution in [0, 0.1) is 18.8 Å². The van der Waals surface area contributed by atoms with Gasteiger partial charge in [0.1, 0.15) is 11.5 Å². The fraction of sp³-hybridized carbons (Fsp3) is 0.107. The normalized spacial score (nSPS) is 12.0. The van der Waals surface area contributed by atoms with E-state index in [2.05, 4.69) is 31.6 Å². The lowest BCUT2D eigenvalue weighted by Crippen LogP contribution is -2.16. The molecular weight excluding hydrogens is 532 g/mol. The van der Waals surface area contributed by atoms with Crippen LogP contribution >= 0.6 is 0 Å². The van der Waals surface area contributed by atoms with Gasteiger partial charge in [0.15, 0.2) is 0 Å². The molecule has 0 spiro atoms. The van der Waals surface area contributed by atoms with Gasteiger partial charge in [-0.15, -0.1) is 0 Å². The molecule has 0 saturated heterocycles. The van der Waals surface area contributed by atoms with E-state index in [4.69, 9.17) is 5.73 Å². The third-order valence-corrected chi connectivity index (χ3v) is 7.28. The van der Waals surface area contributed by atoms with Gasteiger partial charge >= 0.3 is 5.97 Å². The molecule has 4 aromatic rings. The number of nitrogen functional groups attached to an aromatic ring is 1. The van der Waals surface area contributed by atoms with Crippen LogP contribution in [-0.2, 0) is 16.8 Å². The number of nitrogens with two attached hydrogens (primary N) is 1. The SMILES string of the molecule is Cc1cc(C(=O)Nc2cccc(C#Cc3cc(C(=O)N=S(C)(=O)c4cccc(C(=O)O)c4)cnc3N)c2)n(C)n1. The average Bonchev–Trinajstić information content (AvgIpc) is 3.26. The molecule has 1 atom stereocenters. The quantitative estimate of drug-likeness (QED) is 0.314. The number of aromatic nitrogens is 3. The summed E-state index contributed by atoms with van der Waals surface area (Å²) in [6.07, 6.45) is 2.45. The van der Waals surface area contributed by atoms with Crippen LogP contribution in [0.1, 0.15) is 48.0 Å². The van der Waals surface area contributed by atoms with Gasteiger partial charge in [-0.05, 0) is 55.5 Å². The van der Waals surface area contributed by atoms with E-state index in [1.54, 1.807) is 44.3 Å². The largest absolute Gasteiger partial charge is 0.478 e. The van der Waals surface area contributed by atoms with Crippen molar-refractivity contribution in [3.63, 3.8) is 0 Å². The molecule has 0 saturated carbocycles. The summed E-state index contributed by atoms with van der Waals surface area (Å²) < 4.78 is 18.5. The molecular formula is C28H24N6O5S. The summed E-state index contributed by atoms with van der Waals surface area (Å²) in [6.45, 7) is 1.80. The number of hydrogen-bond acceptors (Lipinski definition) is 7. The molecule has 0 fully saturated rings. The van der Waals surface area contributed by atoms with E-state index in [1.165, 1.54) is 47.5 Å². The summed E-state index contributed by atoms with van der Waals surface area (Å²) in [7, 11) is -1.57. The van der Waals surface area contributed by atoms with E-state index in [9.17, 15) is 23.7 Å². The Morgan fingerprint density at radius 3 is 2.50 bits per heavy atom. The summed E-state index contributed by atoms with van der Waals surface area (Å²) in [5, 5.41) is 16.2. The smallest absolute Gasteiger partial charge is 0.335 e. The van der Waals surface area contributed by atoms with Crippen LogP contribution < -0.4 is 11.1 Å². The van der Waals surface area contributed by atoms with Crippen molar-refractivity contribution in [3.8, 4) is 11.8 Å². The van der Waals surface area contributed by atoms with Crippen molar-refractivity contribution in [3.05, 3.63) is 101 Å². The number of pyridine rings is 1. The maximum Gasteiger partial charge on any atom is 0.335 e. The number of aromatic carboxylic acids is 1. The van der Waals surface area contributed by atoms with Crippen LogP contribution in [0.25, 0.3) is 0 Å². The van der Waals surface area contributed by atoms with Crippen LogP contribution in [0.5, 0.6) is 0 Å². The Labute approximate surface area is 230 Å². The first kappa shape index (κ1) is 27.7. The number of carbonyl (C=O) groups excluding carboxylic acids is 2. The van der Waals surface area contributed by atoms with Gasteiger partial charge in [0.25, 0.3) is 11.8 Å². The zero-order chi connectivity index (χ0) is 29.0. The molecule has 12 heteroatoms. The second kappa shape index (κ2) is 11.2. The highest BCUT2D eigenvalue weighted by atomic mass is 32.2. The number of carboxylic acid groups (broad SMARTS) is 1. The molecule has 2 aromatic heterocycles. The Balaban J connectivity index is 1.57. The van der Waals surface area contributed by atoms with Gasteiger partial charge in [0, 0.05) is 35.6 Å². The van der Waals surface area contributed by atoms with E-state index in [-0.39, 0.29) is 33.3 Å². The first-order chi connectivity index (χ1) is 18.9. The summed E-state index contributed by atoms with van der Waals surface area (Å²) in [5.74, 6) is 3.55. The lowest BCUT2D eigenvalue weighted by Gasteiger charge is -2.06. The molecule has 0 aliphatic heterocycles. The Morgan fingerprint density at radius 2 is 1.80 bits per heavy atom. The first-order valence-corrected chi connectivity index (χ1v) is 13.6. The predicted octanol–water partition coefficient (Wildman–Crippen LogP) is 3.35. The molecule has 2 aromatic carbocycles. The van der Waals surface area contributed by atoms with Crippen molar-refractivity contribution in [2.75, 3.05) is 17.3 Å². The van der Waals surface area contributed by atoms with Gasteiger partial charge in [0.05, 0.1) is 32.1 Å². The highest BCUT2D eigenvalue weighted by molar-refractivity contribution is 7.93. The summed E-state index contributed by atoms with van der Waals surface area (Å²) >= 11 is 0. The molecule has 11 nitrogen and oxygen atoms in total. The van der Waals surface area contributed by atoms with Crippen molar-refractivity contribution in [2.24, 2.45) is 11.4 Å². The van der Waals surface area contributed by atoms with Crippen molar-refractivity contribution in [2.45, 2.75) is 11.8 Å². The maximum absolute atomic E-state index is 13.1. The third-order valence-electron chi connectivity index (χ3n) is 5.64. The van der Waals surface area contributed by atoms with Crippen LogP contribution in [0.15, 0.2) is 76.1 Å². The molecule has 4 rings (SSSR count). The topological polar surface area (TPSA) is 170 Å². The zero-order valence-corrected chi connectivity index (χ0v) is 22.5. The molecule has 4 N–H and O–H groups in total. The Kier molecular flexibility index (Phi) is 7.78. The Hall–Kier alpha value is -5.28. The molecule has 202 valence electrons. The third kappa shape index (κ3) is 6.40. The van der Waals surface area contributed by atoms with Crippen LogP contribution in [0.2, 0.25) is 0 Å². The number of nitrogens with one attached hydrogen (secondary N) is 1. The second-order valence-electron chi connectivity index (χ2n) is 8.77. The maximum atomic E-state index is 13.1. The van der Waals surface area contributed by atoms with Crippen LogP contribution in [0.4, 0.5) is 11.5 Å². The molecule has 0 bridgehead atoms. The minimum atomic E-state index is -3.25. The first-order valence-electron chi connectivity index (χ1n) is 11.7. The van der Waals surface area contributed by atoms with E-state index in [1.807, 2.05) is 0 Å². The monoisotopic (exact) mass is 556 g/mol. The van der Waals surface area contributed by atoms with Gasteiger partial charge in [-0.25, -0.2) is 14.0 Å². The van der Waals surface area contributed by atoms with E-state index < -0.39 is 21.6 Å². The van der Waals surface area contributed by atoms with E-state index in [0.717, 1.165) is 5.69 Å². The number of amides is 2. The number of carboxylic acids is 1. The van der Waals surface area contributed by atoms with Crippen LogP contribution in [0.3, 0.4) is 0 Å². The highest BCUT2D eigenvalue weighted by Gasteiger charge is 2.15. The number of anilines is 2. The number of rotatable bonds is 5. The van der Waals surface area contributed by atoms with E-state index in [0.29, 0.717) is 16.9 Å². The molecule has 0 aliphatic carbocycles. The summed E-state index contributed by atoms with van der Waals surface area (Å²) in [4.78, 5) is 40.8. The highest BCUT2D eigenvalue weighted by Crippen LogP contribution is 2.18. The average molecular weight is 557 g/mol. The molecule has 0 aliphatic rings. The summed E-state index contributed by atoms with van der Waals surface area (Å²) in [6, 6.07) is 15.4. The van der Waals surface area contributed by atoms with Gasteiger partial charge in [-0.2, -0.15) is 9.46 Å². The number of hydrogen-bond donors (Lipinski definition) is 3. The zero-order valence-electron chi connectivity index (χ0n) is 21.7. The van der Waals surface area contributed by atoms with Crippen LogP contribution in [-0.4, -0.2) is 48.1 Å². The number of carbonyl (C=O) groups is 3. The van der Waals surface area contributed by atoms with Gasteiger partial charge in [-0.3, -0.25) is 14.3 Å². The van der Waals surface area contributed by atoms with Gasteiger partial charge in [-0.1, -0.05) is 24.0 Å².